The van der Waals surface area contributed by atoms with Crippen LogP contribution in [0.2, 0.25) is 5.02 Å². The van der Waals surface area contributed by atoms with Gasteiger partial charge in [-0.25, -0.2) is 4.39 Å². The second-order valence-corrected chi connectivity index (χ2v) is 4.69. The lowest BCUT2D eigenvalue weighted by molar-refractivity contribution is 0.414. The van der Waals surface area contributed by atoms with Crippen molar-refractivity contribution >= 4 is 17.3 Å². The number of unbranched alkanes of at least 4 members (excludes halogenated alkanes) is 1. The minimum absolute atomic E-state index is 0.287. The number of benzene rings is 1. The maximum absolute atomic E-state index is 14.0. The lowest BCUT2D eigenvalue weighted by atomic mass is 10.2. The number of rotatable bonds is 7. The number of hydrogen-bond donors (Lipinski definition) is 0. The van der Waals surface area contributed by atoms with E-state index in [0.717, 1.165) is 32.4 Å². The molecule has 0 saturated heterocycles. The first-order valence-electron chi connectivity index (χ1n) is 6.42. The molecule has 2 nitrogen and oxygen atoms in total. The summed E-state index contributed by atoms with van der Waals surface area (Å²) >= 11 is 5.90. The molecule has 0 aromatic heterocycles. The summed E-state index contributed by atoms with van der Waals surface area (Å²) in [4.78, 5) is 2.05. The van der Waals surface area contributed by atoms with E-state index in [9.17, 15) is 4.39 Å². The summed E-state index contributed by atoms with van der Waals surface area (Å²) < 4.78 is 19.1. The van der Waals surface area contributed by atoms with Crippen LogP contribution >= 0.6 is 11.6 Å². The van der Waals surface area contributed by atoms with E-state index in [2.05, 4.69) is 18.7 Å². The molecule has 0 heterocycles. The maximum atomic E-state index is 14.0. The van der Waals surface area contributed by atoms with Crippen molar-refractivity contribution in [3.63, 3.8) is 0 Å². The molecule has 0 fully saturated rings. The van der Waals surface area contributed by atoms with Crippen LogP contribution in [0.4, 0.5) is 10.1 Å². The highest BCUT2D eigenvalue weighted by molar-refractivity contribution is 6.32. The Hall–Kier alpha value is -0.960. The van der Waals surface area contributed by atoms with Crippen molar-refractivity contribution in [2.75, 3.05) is 25.1 Å². The van der Waals surface area contributed by atoms with Gasteiger partial charge in [0.2, 0.25) is 0 Å². The van der Waals surface area contributed by atoms with Crippen molar-refractivity contribution in [3.8, 4) is 5.75 Å². The van der Waals surface area contributed by atoms with Crippen LogP contribution in [0, 0.1) is 5.82 Å². The van der Waals surface area contributed by atoms with Gasteiger partial charge in [-0.05, 0) is 18.9 Å². The van der Waals surface area contributed by atoms with Crippen LogP contribution in [0.5, 0.6) is 5.75 Å². The lowest BCUT2D eigenvalue weighted by Gasteiger charge is -2.25. The molecular weight excluding hydrogens is 253 g/mol. The summed E-state index contributed by atoms with van der Waals surface area (Å²) in [6.07, 6.45) is 3.12. The normalized spacial score (nSPS) is 10.5. The van der Waals surface area contributed by atoms with Gasteiger partial charge in [0.15, 0.2) is 0 Å². The second-order valence-electron chi connectivity index (χ2n) is 4.28. The number of methoxy groups -OCH3 is 1. The molecule has 0 aliphatic carbocycles. The Morgan fingerprint density at radius 3 is 2.50 bits per heavy atom. The Labute approximate surface area is 114 Å². The highest BCUT2D eigenvalue weighted by Gasteiger charge is 2.14. The average molecular weight is 274 g/mol. The second kappa shape index (κ2) is 7.47. The molecule has 102 valence electrons. The van der Waals surface area contributed by atoms with E-state index >= 15 is 0 Å². The standard InChI is InChI=1S/C14H21ClFNO/c1-4-6-8-17(7-5-2)13-10-14(18-3)11(15)9-12(13)16/h9-10H,4-8H2,1-3H3. The van der Waals surface area contributed by atoms with E-state index in [0.29, 0.717) is 16.5 Å². The number of hydrogen-bond acceptors (Lipinski definition) is 2. The van der Waals surface area contributed by atoms with Crippen LogP contribution in [0.3, 0.4) is 0 Å². The molecule has 0 N–H and O–H groups in total. The molecule has 1 aromatic carbocycles. The van der Waals surface area contributed by atoms with Gasteiger partial charge in [0.05, 0.1) is 17.8 Å². The summed E-state index contributed by atoms with van der Waals surface area (Å²) in [5.74, 6) is 0.232. The van der Waals surface area contributed by atoms with Crippen molar-refractivity contribution in [1.82, 2.24) is 0 Å². The van der Waals surface area contributed by atoms with Gasteiger partial charge in [-0.2, -0.15) is 0 Å². The SMILES string of the molecule is CCCCN(CCC)c1cc(OC)c(Cl)cc1F. The molecule has 18 heavy (non-hydrogen) atoms. The fourth-order valence-corrected chi connectivity index (χ4v) is 2.12. The first kappa shape index (κ1) is 15.1. The Kier molecular flexibility index (Phi) is 6.27. The number of ether oxygens (including phenoxy) is 1. The molecule has 4 heteroatoms. The minimum atomic E-state index is -0.287. The van der Waals surface area contributed by atoms with E-state index in [-0.39, 0.29) is 5.82 Å². The Morgan fingerprint density at radius 1 is 1.22 bits per heavy atom. The third-order valence-corrected chi connectivity index (χ3v) is 3.13. The zero-order valence-electron chi connectivity index (χ0n) is 11.3. The summed E-state index contributed by atoms with van der Waals surface area (Å²) in [5, 5.41) is 0.311. The summed E-state index contributed by atoms with van der Waals surface area (Å²) in [6.45, 7) is 5.90. The lowest BCUT2D eigenvalue weighted by Crippen LogP contribution is -2.26. The molecular formula is C14H21ClFNO. The van der Waals surface area contributed by atoms with Gasteiger partial charge in [-0.15, -0.1) is 0 Å². The van der Waals surface area contributed by atoms with Gasteiger partial charge in [0, 0.05) is 19.2 Å². The average Bonchev–Trinajstić information content (AvgIpc) is 2.35. The predicted molar refractivity (Wildman–Crippen MR) is 75.4 cm³/mol. The van der Waals surface area contributed by atoms with Crippen LogP contribution < -0.4 is 9.64 Å². The van der Waals surface area contributed by atoms with Gasteiger partial charge < -0.3 is 9.64 Å². The van der Waals surface area contributed by atoms with Gasteiger partial charge in [0.1, 0.15) is 11.6 Å². The molecule has 0 saturated carbocycles. The summed E-state index contributed by atoms with van der Waals surface area (Å²) in [5.41, 5.74) is 0.576. The smallest absolute Gasteiger partial charge is 0.148 e. The van der Waals surface area contributed by atoms with Crippen LogP contribution in [0.25, 0.3) is 0 Å². The highest BCUT2D eigenvalue weighted by Crippen LogP contribution is 2.32. The molecule has 0 aliphatic rings. The highest BCUT2D eigenvalue weighted by atomic mass is 35.5. The number of nitrogens with zero attached hydrogens (tertiary/aromatic N) is 1. The van der Waals surface area contributed by atoms with E-state index in [1.54, 1.807) is 13.2 Å². The molecule has 0 unspecified atom stereocenters. The van der Waals surface area contributed by atoms with Crippen LogP contribution in [0.1, 0.15) is 33.1 Å². The van der Waals surface area contributed by atoms with Gasteiger partial charge in [-0.1, -0.05) is 31.9 Å². The van der Waals surface area contributed by atoms with Gasteiger partial charge >= 0.3 is 0 Å². The first-order chi connectivity index (χ1) is 8.63. The Balaban J connectivity index is 3.02. The third kappa shape index (κ3) is 3.77. The predicted octanol–water partition coefficient (Wildman–Crippen LogP) is 4.50. The molecule has 0 bridgehead atoms. The van der Waals surface area contributed by atoms with Crippen molar-refractivity contribution in [1.29, 1.82) is 0 Å². The molecule has 0 atom stereocenters. The fourth-order valence-electron chi connectivity index (χ4n) is 1.89. The zero-order chi connectivity index (χ0) is 13.5. The Bertz CT molecular complexity index is 384. The monoisotopic (exact) mass is 273 g/mol. The first-order valence-corrected chi connectivity index (χ1v) is 6.79. The summed E-state index contributed by atoms with van der Waals surface area (Å²) in [6, 6.07) is 3.01. The van der Waals surface area contributed by atoms with E-state index in [4.69, 9.17) is 16.3 Å². The van der Waals surface area contributed by atoms with Gasteiger partial charge in [-0.3, -0.25) is 0 Å². The molecule has 0 radical (unpaired) electrons. The maximum Gasteiger partial charge on any atom is 0.148 e. The molecule has 0 amide bonds. The van der Waals surface area contributed by atoms with Crippen molar-refractivity contribution in [3.05, 3.63) is 23.0 Å². The zero-order valence-corrected chi connectivity index (χ0v) is 12.1. The quantitative estimate of drug-likeness (QED) is 0.725. The van der Waals surface area contributed by atoms with Crippen LogP contribution in [-0.4, -0.2) is 20.2 Å². The van der Waals surface area contributed by atoms with Crippen molar-refractivity contribution in [2.45, 2.75) is 33.1 Å². The van der Waals surface area contributed by atoms with E-state index < -0.39 is 0 Å². The van der Waals surface area contributed by atoms with Crippen molar-refractivity contribution < 1.29 is 9.13 Å². The molecule has 1 rings (SSSR count). The topological polar surface area (TPSA) is 12.5 Å². The minimum Gasteiger partial charge on any atom is -0.495 e. The Morgan fingerprint density at radius 2 is 1.94 bits per heavy atom. The van der Waals surface area contributed by atoms with E-state index in [1.165, 1.54) is 6.07 Å². The number of anilines is 1. The number of halogens is 2. The molecule has 0 aliphatic heterocycles. The molecule has 1 aromatic rings. The summed E-state index contributed by atoms with van der Waals surface area (Å²) in [7, 11) is 1.54. The third-order valence-electron chi connectivity index (χ3n) is 2.84. The van der Waals surface area contributed by atoms with Crippen LogP contribution in [0.15, 0.2) is 12.1 Å². The van der Waals surface area contributed by atoms with Crippen LogP contribution in [-0.2, 0) is 0 Å². The largest absolute Gasteiger partial charge is 0.495 e. The fraction of sp³-hybridized carbons (Fsp3) is 0.571. The molecule has 0 spiro atoms. The van der Waals surface area contributed by atoms with E-state index in [1.807, 2.05) is 0 Å². The van der Waals surface area contributed by atoms with Crippen molar-refractivity contribution in [2.24, 2.45) is 0 Å². The van der Waals surface area contributed by atoms with Gasteiger partial charge in [0.25, 0.3) is 0 Å².